The summed E-state index contributed by atoms with van der Waals surface area (Å²) in [6.45, 7) is 2.35. The van der Waals surface area contributed by atoms with Crippen molar-refractivity contribution < 1.29 is 9.59 Å². The number of benzene rings is 2. The van der Waals surface area contributed by atoms with Gasteiger partial charge in [-0.15, -0.1) is 0 Å². The summed E-state index contributed by atoms with van der Waals surface area (Å²) >= 11 is 0. The zero-order valence-electron chi connectivity index (χ0n) is 17.4. The summed E-state index contributed by atoms with van der Waals surface area (Å²) in [5.74, 6) is -0.149. The van der Waals surface area contributed by atoms with Crippen LogP contribution in [-0.4, -0.2) is 36.3 Å². The van der Waals surface area contributed by atoms with E-state index in [2.05, 4.69) is 15.5 Å². The van der Waals surface area contributed by atoms with Gasteiger partial charge in [0.25, 0.3) is 5.91 Å². The molecule has 5 nitrogen and oxygen atoms in total. The van der Waals surface area contributed by atoms with E-state index in [9.17, 15) is 9.59 Å². The van der Waals surface area contributed by atoms with Crippen LogP contribution in [0.15, 0.2) is 54.6 Å². The number of amides is 2. The Hall–Kier alpha value is -2.66. The first-order chi connectivity index (χ1) is 14.0. The van der Waals surface area contributed by atoms with Crippen LogP contribution in [0.5, 0.6) is 0 Å². The first-order valence-corrected chi connectivity index (χ1v) is 10.5. The molecule has 2 amide bonds. The number of likely N-dealkylation sites (N-methyl/N-ethyl adjacent to an activating group) is 1. The van der Waals surface area contributed by atoms with E-state index in [-0.39, 0.29) is 17.9 Å². The van der Waals surface area contributed by atoms with Crippen LogP contribution in [0.2, 0.25) is 0 Å². The van der Waals surface area contributed by atoms with Crippen LogP contribution in [0.4, 0.5) is 5.69 Å². The number of hydrogen-bond donors (Lipinski definition) is 2. The van der Waals surface area contributed by atoms with Gasteiger partial charge in [-0.05, 0) is 56.6 Å². The zero-order valence-corrected chi connectivity index (χ0v) is 17.4. The summed E-state index contributed by atoms with van der Waals surface area (Å²) in [5, 5.41) is 5.93. The SMILES string of the molecule is CC(NC(=O)c1ccc(NC(=O)CN(C)C2CCCCC2)cc1)c1ccccc1. The Kier molecular flexibility index (Phi) is 7.42. The van der Waals surface area contributed by atoms with Gasteiger partial charge in [0.05, 0.1) is 12.6 Å². The van der Waals surface area contributed by atoms with Crippen molar-refractivity contribution in [1.29, 1.82) is 0 Å². The van der Waals surface area contributed by atoms with Crippen LogP contribution in [-0.2, 0) is 4.79 Å². The third-order valence-corrected chi connectivity index (χ3v) is 5.67. The number of carbonyl (C=O) groups is 2. The van der Waals surface area contributed by atoms with E-state index < -0.39 is 0 Å². The molecule has 1 aliphatic carbocycles. The van der Waals surface area contributed by atoms with Crippen LogP contribution < -0.4 is 10.6 Å². The smallest absolute Gasteiger partial charge is 0.251 e. The first kappa shape index (κ1) is 21.1. The summed E-state index contributed by atoms with van der Waals surface area (Å²) in [5.41, 5.74) is 2.34. The van der Waals surface area contributed by atoms with Crippen molar-refractivity contribution in [3.8, 4) is 0 Å². The molecule has 0 radical (unpaired) electrons. The van der Waals surface area contributed by atoms with Gasteiger partial charge in [-0.2, -0.15) is 0 Å². The quantitative estimate of drug-likeness (QED) is 0.734. The molecule has 5 heteroatoms. The predicted octanol–water partition coefficient (Wildman–Crippen LogP) is 4.38. The topological polar surface area (TPSA) is 61.4 Å². The molecule has 29 heavy (non-hydrogen) atoms. The van der Waals surface area contributed by atoms with Crippen LogP contribution >= 0.6 is 0 Å². The maximum Gasteiger partial charge on any atom is 0.251 e. The van der Waals surface area contributed by atoms with E-state index in [1.807, 2.05) is 44.3 Å². The molecule has 0 aliphatic heterocycles. The summed E-state index contributed by atoms with van der Waals surface area (Å²) in [7, 11) is 2.02. The summed E-state index contributed by atoms with van der Waals surface area (Å²) < 4.78 is 0. The van der Waals surface area contributed by atoms with Gasteiger partial charge in [-0.1, -0.05) is 49.6 Å². The molecule has 0 aromatic heterocycles. The van der Waals surface area contributed by atoms with Crippen molar-refractivity contribution in [3.05, 3.63) is 65.7 Å². The Balaban J connectivity index is 1.50. The minimum atomic E-state index is -0.128. The maximum atomic E-state index is 12.5. The lowest BCUT2D eigenvalue weighted by Gasteiger charge is -2.30. The molecule has 0 heterocycles. The molecule has 0 spiro atoms. The molecule has 1 saturated carbocycles. The fraction of sp³-hybridized carbons (Fsp3) is 0.417. The lowest BCUT2D eigenvalue weighted by molar-refractivity contribution is -0.117. The third-order valence-electron chi connectivity index (χ3n) is 5.67. The van der Waals surface area contributed by atoms with Gasteiger partial charge in [0, 0.05) is 17.3 Å². The molecule has 2 aromatic carbocycles. The number of carbonyl (C=O) groups excluding carboxylic acids is 2. The summed E-state index contributed by atoms with van der Waals surface area (Å²) in [6, 6.07) is 17.3. The number of nitrogens with zero attached hydrogens (tertiary/aromatic N) is 1. The average Bonchev–Trinajstić information content (AvgIpc) is 2.75. The summed E-state index contributed by atoms with van der Waals surface area (Å²) in [6.07, 6.45) is 6.16. The van der Waals surface area contributed by atoms with Gasteiger partial charge in [0.1, 0.15) is 0 Å². The third kappa shape index (κ3) is 6.16. The minimum Gasteiger partial charge on any atom is -0.346 e. The van der Waals surface area contributed by atoms with Crippen molar-refractivity contribution in [1.82, 2.24) is 10.2 Å². The van der Waals surface area contributed by atoms with Crippen molar-refractivity contribution >= 4 is 17.5 Å². The Morgan fingerprint density at radius 3 is 2.31 bits per heavy atom. The van der Waals surface area contributed by atoms with Gasteiger partial charge < -0.3 is 10.6 Å². The first-order valence-electron chi connectivity index (χ1n) is 10.5. The molecule has 2 N–H and O–H groups in total. The highest BCUT2D eigenvalue weighted by Crippen LogP contribution is 2.21. The molecule has 1 fully saturated rings. The second kappa shape index (κ2) is 10.2. The van der Waals surface area contributed by atoms with E-state index in [0.717, 1.165) is 5.56 Å². The average molecular weight is 394 g/mol. The zero-order chi connectivity index (χ0) is 20.6. The molecular weight excluding hydrogens is 362 g/mol. The number of anilines is 1. The summed E-state index contributed by atoms with van der Waals surface area (Å²) in [4.78, 5) is 27.0. The normalized spacial score (nSPS) is 15.7. The fourth-order valence-electron chi connectivity index (χ4n) is 3.89. The van der Waals surface area contributed by atoms with Gasteiger partial charge in [0.2, 0.25) is 5.91 Å². The number of hydrogen-bond acceptors (Lipinski definition) is 3. The Morgan fingerprint density at radius 2 is 1.66 bits per heavy atom. The van der Waals surface area contributed by atoms with Crippen LogP contribution in [0, 0.1) is 0 Å². The highest BCUT2D eigenvalue weighted by Gasteiger charge is 2.20. The molecule has 0 saturated heterocycles. The Bertz CT molecular complexity index is 799. The predicted molar refractivity (Wildman–Crippen MR) is 117 cm³/mol. The monoisotopic (exact) mass is 393 g/mol. The van der Waals surface area contributed by atoms with Crippen molar-refractivity contribution in [2.75, 3.05) is 18.9 Å². The van der Waals surface area contributed by atoms with E-state index in [1.54, 1.807) is 24.3 Å². The number of nitrogens with one attached hydrogen (secondary N) is 2. The van der Waals surface area contributed by atoms with Crippen LogP contribution in [0.1, 0.15) is 61.0 Å². The van der Waals surface area contributed by atoms with Crippen molar-refractivity contribution in [3.63, 3.8) is 0 Å². The van der Waals surface area contributed by atoms with Gasteiger partial charge >= 0.3 is 0 Å². The standard InChI is InChI=1S/C24H31N3O2/c1-18(19-9-5-3-6-10-19)25-24(29)20-13-15-21(16-14-20)26-23(28)17-27(2)22-11-7-4-8-12-22/h3,5-6,9-10,13-16,18,22H,4,7-8,11-12,17H2,1-2H3,(H,25,29)(H,26,28). The van der Waals surface area contributed by atoms with Gasteiger partial charge in [-0.3, -0.25) is 14.5 Å². The largest absolute Gasteiger partial charge is 0.346 e. The molecule has 3 rings (SSSR count). The van der Waals surface area contributed by atoms with E-state index >= 15 is 0 Å². The minimum absolute atomic E-state index is 0.0204. The van der Waals surface area contributed by atoms with E-state index in [4.69, 9.17) is 0 Å². The van der Waals surface area contributed by atoms with E-state index in [1.165, 1.54) is 32.1 Å². The molecule has 2 aromatic rings. The molecule has 154 valence electrons. The molecule has 1 aliphatic rings. The van der Waals surface area contributed by atoms with E-state index in [0.29, 0.717) is 23.8 Å². The lowest BCUT2D eigenvalue weighted by atomic mass is 9.94. The van der Waals surface area contributed by atoms with Crippen molar-refractivity contribution in [2.45, 2.75) is 51.1 Å². The second-order valence-electron chi connectivity index (χ2n) is 7.94. The molecular formula is C24H31N3O2. The lowest BCUT2D eigenvalue weighted by Crippen LogP contribution is -2.39. The molecule has 1 atom stereocenters. The number of rotatable bonds is 7. The van der Waals surface area contributed by atoms with Crippen LogP contribution in [0.3, 0.4) is 0 Å². The maximum absolute atomic E-state index is 12.5. The van der Waals surface area contributed by atoms with Crippen LogP contribution in [0.25, 0.3) is 0 Å². The highest BCUT2D eigenvalue weighted by atomic mass is 16.2. The Morgan fingerprint density at radius 1 is 1.00 bits per heavy atom. The second-order valence-corrected chi connectivity index (χ2v) is 7.94. The fourth-order valence-corrected chi connectivity index (χ4v) is 3.89. The molecule has 1 unspecified atom stereocenters. The van der Waals surface area contributed by atoms with Crippen molar-refractivity contribution in [2.24, 2.45) is 0 Å². The van der Waals surface area contributed by atoms with Gasteiger partial charge in [-0.25, -0.2) is 0 Å². The highest BCUT2D eigenvalue weighted by molar-refractivity contribution is 5.96. The van der Waals surface area contributed by atoms with Gasteiger partial charge in [0.15, 0.2) is 0 Å². The Labute approximate surface area is 173 Å². The molecule has 0 bridgehead atoms.